The van der Waals surface area contributed by atoms with E-state index in [1.807, 2.05) is 16.8 Å². The van der Waals surface area contributed by atoms with Crippen molar-refractivity contribution in [1.82, 2.24) is 9.55 Å². The lowest BCUT2D eigenvalue weighted by Gasteiger charge is -2.13. The van der Waals surface area contributed by atoms with E-state index in [2.05, 4.69) is 24.0 Å². The van der Waals surface area contributed by atoms with Crippen LogP contribution in [0.4, 0.5) is 0 Å². The molecule has 2 aromatic rings. The molecule has 0 fully saturated rings. The van der Waals surface area contributed by atoms with Gasteiger partial charge in [-0.2, -0.15) is 0 Å². The Labute approximate surface area is 117 Å². The highest BCUT2D eigenvalue weighted by Gasteiger charge is 2.24. The van der Waals surface area contributed by atoms with Crippen molar-refractivity contribution in [2.75, 3.05) is 0 Å². The number of ether oxygens (including phenoxy) is 1. The molecular weight excluding hydrogens is 258 g/mol. The Morgan fingerprint density at radius 3 is 3.21 bits per heavy atom. The lowest BCUT2D eigenvalue weighted by Crippen LogP contribution is -2.25. The molecule has 0 aliphatic carbocycles. The van der Waals surface area contributed by atoms with Gasteiger partial charge in [-0.15, -0.1) is 0 Å². The number of aromatic nitrogens is 2. The molecule has 1 unspecified atom stereocenters. The normalized spacial score (nSPS) is 17.0. The number of rotatable bonds is 3. The van der Waals surface area contributed by atoms with E-state index in [4.69, 9.17) is 22.7 Å². The molecule has 0 saturated carbocycles. The Morgan fingerprint density at radius 1 is 1.58 bits per heavy atom. The number of aryl methyl sites for hydroxylation is 1. The summed E-state index contributed by atoms with van der Waals surface area (Å²) in [5, 5.41) is 0. The topological polar surface area (TPSA) is 53.1 Å². The van der Waals surface area contributed by atoms with Crippen LogP contribution in [0.3, 0.4) is 0 Å². The van der Waals surface area contributed by atoms with Crippen LogP contribution < -0.4 is 10.5 Å². The van der Waals surface area contributed by atoms with Crippen molar-refractivity contribution in [3.63, 3.8) is 0 Å². The molecule has 1 aliphatic rings. The maximum Gasteiger partial charge on any atom is 0.167 e. The van der Waals surface area contributed by atoms with Gasteiger partial charge < -0.3 is 15.0 Å². The molecule has 1 aliphatic heterocycles. The van der Waals surface area contributed by atoms with Gasteiger partial charge in [-0.1, -0.05) is 29.9 Å². The number of nitrogens with zero attached hydrogens (tertiary/aromatic N) is 2. The van der Waals surface area contributed by atoms with Crippen LogP contribution in [-0.4, -0.2) is 20.6 Å². The van der Waals surface area contributed by atoms with Gasteiger partial charge in [0.05, 0.1) is 6.54 Å². The molecule has 1 aromatic heterocycles. The van der Waals surface area contributed by atoms with Gasteiger partial charge in [0.2, 0.25) is 0 Å². The zero-order chi connectivity index (χ0) is 13.4. The van der Waals surface area contributed by atoms with E-state index in [-0.39, 0.29) is 6.10 Å². The van der Waals surface area contributed by atoms with Crippen molar-refractivity contribution in [1.29, 1.82) is 0 Å². The number of fused-ring (bicyclic) bond motifs is 1. The Kier molecular flexibility index (Phi) is 2.98. The molecule has 4 nitrogen and oxygen atoms in total. The van der Waals surface area contributed by atoms with Crippen molar-refractivity contribution in [3.8, 4) is 5.75 Å². The first-order chi connectivity index (χ1) is 9.13. The molecule has 0 bridgehead atoms. The van der Waals surface area contributed by atoms with E-state index in [9.17, 15) is 0 Å². The lowest BCUT2D eigenvalue weighted by atomic mass is 10.1. The van der Waals surface area contributed by atoms with Crippen LogP contribution in [0.5, 0.6) is 5.75 Å². The number of nitrogens with two attached hydrogens (primary N) is 1. The third kappa shape index (κ3) is 2.33. The second-order valence-corrected chi connectivity index (χ2v) is 5.26. The maximum absolute atomic E-state index is 5.94. The monoisotopic (exact) mass is 273 g/mol. The van der Waals surface area contributed by atoms with Crippen LogP contribution in [0, 0.1) is 6.92 Å². The predicted octanol–water partition coefficient (Wildman–Crippen LogP) is 1.83. The highest BCUT2D eigenvalue weighted by molar-refractivity contribution is 7.80. The average Bonchev–Trinajstić information content (AvgIpc) is 2.95. The number of imidazole rings is 1. The van der Waals surface area contributed by atoms with Crippen molar-refractivity contribution < 1.29 is 4.74 Å². The summed E-state index contributed by atoms with van der Waals surface area (Å²) in [6.07, 6.45) is 4.61. The van der Waals surface area contributed by atoms with Crippen molar-refractivity contribution in [3.05, 3.63) is 47.5 Å². The van der Waals surface area contributed by atoms with E-state index in [1.165, 1.54) is 11.1 Å². The number of hydrogen-bond donors (Lipinski definition) is 1. The largest absolute Gasteiger partial charge is 0.488 e. The van der Waals surface area contributed by atoms with Crippen LogP contribution in [0.25, 0.3) is 0 Å². The van der Waals surface area contributed by atoms with E-state index in [0.29, 0.717) is 17.4 Å². The Balaban J connectivity index is 1.77. The van der Waals surface area contributed by atoms with Gasteiger partial charge in [0.25, 0.3) is 0 Å². The van der Waals surface area contributed by atoms with Gasteiger partial charge in [-0.25, -0.2) is 4.98 Å². The molecule has 0 amide bonds. The number of benzene rings is 1. The first-order valence-electron chi connectivity index (χ1n) is 6.20. The van der Waals surface area contributed by atoms with Gasteiger partial charge in [-0.3, -0.25) is 0 Å². The smallest absolute Gasteiger partial charge is 0.167 e. The molecule has 2 N–H and O–H groups in total. The van der Waals surface area contributed by atoms with E-state index >= 15 is 0 Å². The standard InChI is InChI=1S/C14H15N3OS/c1-9-2-3-12-10(6-9)7-11(18-12)8-17-5-4-16-14(17)13(15)19/h2-6,11H,7-8H2,1H3,(H2,15,19). The van der Waals surface area contributed by atoms with E-state index in [1.54, 1.807) is 6.20 Å². The zero-order valence-electron chi connectivity index (χ0n) is 10.7. The average molecular weight is 273 g/mol. The summed E-state index contributed by atoms with van der Waals surface area (Å²) in [4.78, 5) is 4.48. The molecule has 5 heteroatoms. The van der Waals surface area contributed by atoms with Gasteiger partial charge in [0.15, 0.2) is 5.82 Å². The molecule has 2 heterocycles. The molecule has 3 rings (SSSR count). The highest BCUT2D eigenvalue weighted by Crippen LogP contribution is 2.30. The molecule has 0 radical (unpaired) electrons. The van der Waals surface area contributed by atoms with Crippen molar-refractivity contribution >= 4 is 17.2 Å². The van der Waals surface area contributed by atoms with Gasteiger partial charge in [-0.05, 0) is 18.6 Å². The fourth-order valence-electron chi connectivity index (χ4n) is 2.45. The summed E-state index contributed by atoms with van der Waals surface area (Å²) in [5.41, 5.74) is 8.17. The van der Waals surface area contributed by atoms with Gasteiger partial charge >= 0.3 is 0 Å². The Hall–Kier alpha value is -1.88. The minimum absolute atomic E-state index is 0.110. The Morgan fingerprint density at radius 2 is 2.42 bits per heavy atom. The molecular formula is C14H15N3OS. The molecule has 0 saturated heterocycles. The van der Waals surface area contributed by atoms with Gasteiger partial charge in [0.1, 0.15) is 16.8 Å². The fourth-order valence-corrected chi connectivity index (χ4v) is 2.62. The van der Waals surface area contributed by atoms with E-state index < -0.39 is 0 Å². The summed E-state index contributed by atoms with van der Waals surface area (Å²) < 4.78 is 7.89. The maximum atomic E-state index is 5.94. The number of hydrogen-bond acceptors (Lipinski definition) is 3. The predicted molar refractivity (Wildman–Crippen MR) is 77.4 cm³/mol. The third-order valence-electron chi connectivity index (χ3n) is 3.29. The van der Waals surface area contributed by atoms with Crippen LogP contribution in [0.15, 0.2) is 30.6 Å². The third-order valence-corrected chi connectivity index (χ3v) is 3.48. The van der Waals surface area contributed by atoms with Crippen LogP contribution in [0.1, 0.15) is 17.0 Å². The molecule has 1 atom stereocenters. The second kappa shape index (κ2) is 4.66. The first kappa shape index (κ1) is 12.2. The summed E-state index contributed by atoms with van der Waals surface area (Å²) >= 11 is 4.98. The minimum Gasteiger partial charge on any atom is -0.488 e. The summed E-state index contributed by atoms with van der Waals surface area (Å²) in [6, 6.07) is 6.28. The summed E-state index contributed by atoms with van der Waals surface area (Å²) in [7, 11) is 0. The lowest BCUT2D eigenvalue weighted by molar-refractivity contribution is 0.209. The molecule has 0 spiro atoms. The SMILES string of the molecule is Cc1ccc2c(c1)CC(Cn1ccnc1C(N)=S)O2. The highest BCUT2D eigenvalue weighted by atomic mass is 32.1. The first-order valence-corrected chi connectivity index (χ1v) is 6.61. The van der Waals surface area contributed by atoms with Crippen LogP contribution >= 0.6 is 12.2 Å². The molecule has 1 aromatic carbocycles. The molecule has 19 heavy (non-hydrogen) atoms. The van der Waals surface area contributed by atoms with E-state index in [0.717, 1.165) is 12.2 Å². The van der Waals surface area contributed by atoms with Crippen LogP contribution in [-0.2, 0) is 13.0 Å². The quantitative estimate of drug-likeness (QED) is 0.867. The van der Waals surface area contributed by atoms with Crippen LogP contribution in [0.2, 0.25) is 0 Å². The summed E-state index contributed by atoms with van der Waals surface area (Å²) in [6.45, 7) is 2.80. The minimum atomic E-state index is 0.110. The summed E-state index contributed by atoms with van der Waals surface area (Å²) in [5.74, 6) is 1.62. The second-order valence-electron chi connectivity index (χ2n) is 4.82. The van der Waals surface area contributed by atoms with Crippen molar-refractivity contribution in [2.45, 2.75) is 26.0 Å². The van der Waals surface area contributed by atoms with Crippen molar-refractivity contribution in [2.24, 2.45) is 5.73 Å². The number of thiocarbonyl (C=S) groups is 1. The van der Waals surface area contributed by atoms with Gasteiger partial charge in [0, 0.05) is 18.8 Å². The fraction of sp³-hybridized carbons (Fsp3) is 0.286. The Bertz CT molecular complexity index is 635. The molecule has 98 valence electrons. The zero-order valence-corrected chi connectivity index (χ0v) is 11.5.